The van der Waals surface area contributed by atoms with Crippen molar-refractivity contribution in [3.63, 3.8) is 0 Å². The highest BCUT2D eigenvalue weighted by Gasteiger charge is 2.35. The molecule has 0 aromatic heterocycles. The quantitative estimate of drug-likeness (QED) is 0.316. The number of ether oxygens (including phenoxy) is 2. The normalized spacial score (nSPS) is 13.0. The molecule has 0 N–H and O–H groups in total. The van der Waals surface area contributed by atoms with Crippen LogP contribution in [0.3, 0.4) is 0 Å². The average Bonchev–Trinajstić information content (AvgIpc) is 2.70. The Hall–Kier alpha value is -3.48. The van der Waals surface area contributed by atoms with Gasteiger partial charge < -0.3 is 9.47 Å². The van der Waals surface area contributed by atoms with Gasteiger partial charge in [0, 0.05) is 18.8 Å². The van der Waals surface area contributed by atoms with Gasteiger partial charge in [0.05, 0.1) is 22.8 Å². The van der Waals surface area contributed by atoms with Crippen molar-refractivity contribution < 1.29 is 35.8 Å². The Morgan fingerprint density at radius 1 is 1.03 bits per heavy atom. The highest BCUT2D eigenvalue weighted by molar-refractivity contribution is 5.82. The van der Waals surface area contributed by atoms with Crippen molar-refractivity contribution in [2.24, 2.45) is 4.99 Å². The van der Waals surface area contributed by atoms with Crippen molar-refractivity contribution in [1.82, 2.24) is 0 Å². The topological polar surface area (TPSA) is 54.6 Å². The number of benzene rings is 2. The van der Waals surface area contributed by atoms with Crippen LogP contribution in [0.1, 0.15) is 22.3 Å². The van der Waals surface area contributed by atoms with Gasteiger partial charge in [0.1, 0.15) is 18.1 Å². The molecule has 2 rings (SSSR count). The van der Waals surface area contributed by atoms with Crippen molar-refractivity contribution in [2.45, 2.75) is 18.5 Å². The molecule has 10 heteroatoms. The lowest BCUT2D eigenvalue weighted by atomic mass is 10.1. The Balaban J connectivity index is 2.19. The third-order valence-electron chi connectivity index (χ3n) is 3.98. The van der Waals surface area contributed by atoms with Crippen molar-refractivity contribution in [3.8, 4) is 17.6 Å². The molecule has 0 heterocycles. The first kappa shape index (κ1) is 23.8. The maximum atomic E-state index is 13.3. The minimum Gasteiger partial charge on any atom is -0.489 e. The van der Waals surface area contributed by atoms with E-state index < -0.39 is 35.1 Å². The summed E-state index contributed by atoms with van der Waals surface area (Å²) in [5.74, 6) is -0.322. The van der Waals surface area contributed by atoms with E-state index in [1.165, 1.54) is 37.4 Å². The van der Waals surface area contributed by atoms with Crippen LogP contribution in [-0.2, 0) is 12.4 Å². The molecule has 0 saturated carbocycles. The fourth-order valence-electron chi connectivity index (χ4n) is 2.55. The molecular formula is C21H16F6N2O2. The highest BCUT2D eigenvalue weighted by atomic mass is 19.4. The minimum atomic E-state index is -4.75. The Labute approximate surface area is 174 Å². The van der Waals surface area contributed by atoms with Crippen LogP contribution in [0, 0.1) is 11.3 Å². The van der Waals surface area contributed by atoms with E-state index in [0.717, 1.165) is 18.3 Å². The monoisotopic (exact) mass is 442 g/mol. The van der Waals surface area contributed by atoms with E-state index in [0.29, 0.717) is 6.07 Å². The van der Waals surface area contributed by atoms with Gasteiger partial charge >= 0.3 is 12.4 Å². The summed E-state index contributed by atoms with van der Waals surface area (Å²) in [5, 5.41) is 8.81. The predicted molar refractivity (Wildman–Crippen MR) is 101 cm³/mol. The number of nitriles is 1. The summed E-state index contributed by atoms with van der Waals surface area (Å²) in [6.45, 7) is 3.17. The fraction of sp³-hybridized carbons (Fsp3) is 0.238. The molecule has 1 unspecified atom stereocenters. The number of alkyl halides is 6. The van der Waals surface area contributed by atoms with Crippen molar-refractivity contribution >= 4 is 6.21 Å². The molecule has 0 bridgehead atoms. The first-order valence-electron chi connectivity index (χ1n) is 8.66. The number of rotatable bonds is 7. The molecule has 2 aromatic carbocycles. The number of hydrogen-bond acceptors (Lipinski definition) is 4. The number of halogens is 6. The van der Waals surface area contributed by atoms with Crippen LogP contribution >= 0.6 is 0 Å². The zero-order chi connectivity index (χ0) is 23.2. The van der Waals surface area contributed by atoms with Crippen LogP contribution in [0.15, 0.2) is 54.0 Å². The molecule has 1 atom stereocenters. The Bertz CT molecular complexity index is 1010. The molecule has 0 aliphatic rings. The van der Waals surface area contributed by atoms with Crippen LogP contribution in [0.5, 0.6) is 11.5 Å². The molecule has 0 saturated heterocycles. The van der Waals surface area contributed by atoms with Crippen LogP contribution in [0.25, 0.3) is 0 Å². The molecule has 0 aliphatic carbocycles. The van der Waals surface area contributed by atoms with E-state index in [4.69, 9.17) is 14.7 Å². The van der Waals surface area contributed by atoms with Gasteiger partial charge in [-0.3, -0.25) is 4.99 Å². The SMILES string of the molecule is C=CC(COc1ccc(C#N)c(C(F)(F)F)c1)Oc1ccc(C=NC)c(C(F)(F)F)c1. The summed E-state index contributed by atoms with van der Waals surface area (Å²) < 4.78 is 89.6. The second-order valence-electron chi connectivity index (χ2n) is 6.15. The fourth-order valence-corrected chi connectivity index (χ4v) is 2.55. The second kappa shape index (κ2) is 9.55. The first-order chi connectivity index (χ1) is 14.5. The van der Waals surface area contributed by atoms with E-state index in [9.17, 15) is 26.3 Å². The van der Waals surface area contributed by atoms with Gasteiger partial charge in [0.25, 0.3) is 0 Å². The molecule has 0 fully saturated rings. The van der Waals surface area contributed by atoms with Gasteiger partial charge in [-0.1, -0.05) is 6.58 Å². The second-order valence-corrected chi connectivity index (χ2v) is 6.15. The van der Waals surface area contributed by atoms with E-state index in [-0.39, 0.29) is 23.7 Å². The average molecular weight is 442 g/mol. The van der Waals surface area contributed by atoms with E-state index in [1.807, 2.05) is 0 Å². The summed E-state index contributed by atoms with van der Waals surface area (Å²) in [7, 11) is 1.34. The standard InChI is InChI=1S/C21H16F6N2O2/c1-3-15(12-30-16-6-4-13(10-28)18(8-16)20(22,23)24)31-17-7-5-14(11-29-2)19(9-17)21(25,26)27/h3-9,11,15H,1,12H2,2H3. The lowest BCUT2D eigenvalue weighted by molar-refractivity contribution is -0.138. The molecule has 0 aliphatic heterocycles. The predicted octanol–water partition coefficient (Wildman–Crippen LogP) is 5.66. The Morgan fingerprint density at radius 2 is 1.65 bits per heavy atom. The maximum absolute atomic E-state index is 13.3. The molecule has 0 radical (unpaired) electrons. The summed E-state index contributed by atoms with van der Waals surface area (Å²) in [6.07, 6.45) is -8.06. The van der Waals surface area contributed by atoms with Gasteiger partial charge in [-0.25, -0.2) is 0 Å². The maximum Gasteiger partial charge on any atom is 0.417 e. The zero-order valence-electron chi connectivity index (χ0n) is 16.1. The van der Waals surface area contributed by atoms with Crippen LogP contribution in [-0.4, -0.2) is 26.0 Å². The van der Waals surface area contributed by atoms with Gasteiger partial charge in [0.2, 0.25) is 0 Å². The number of aliphatic imine (C=N–C) groups is 1. The molecule has 31 heavy (non-hydrogen) atoms. The smallest absolute Gasteiger partial charge is 0.417 e. The van der Waals surface area contributed by atoms with Gasteiger partial charge in [-0.05, 0) is 42.5 Å². The lowest BCUT2D eigenvalue weighted by Gasteiger charge is -2.19. The first-order valence-corrected chi connectivity index (χ1v) is 8.66. The molecular weight excluding hydrogens is 426 g/mol. The van der Waals surface area contributed by atoms with Gasteiger partial charge in [-0.15, -0.1) is 0 Å². The summed E-state index contributed by atoms with van der Waals surface area (Å²) in [4.78, 5) is 3.58. The molecule has 0 spiro atoms. The van der Waals surface area contributed by atoms with E-state index in [2.05, 4.69) is 11.6 Å². The lowest BCUT2D eigenvalue weighted by Crippen LogP contribution is -2.23. The van der Waals surface area contributed by atoms with Crippen LogP contribution in [0.4, 0.5) is 26.3 Å². The van der Waals surface area contributed by atoms with E-state index >= 15 is 0 Å². The molecule has 4 nitrogen and oxygen atoms in total. The van der Waals surface area contributed by atoms with Crippen LogP contribution in [0.2, 0.25) is 0 Å². The summed E-state index contributed by atoms with van der Waals surface area (Å²) in [5.41, 5.74) is -2.83. The van der Waals surface area contributed by atoms with Gasteiger partial charge in [-0.2, -0.15) is 31.6 Å². The molecule has 2 aromatic rings. The number of hydrogen-bond donors (Lipinski definition) is 0. The zero-order valence-corrected chi connectivity index (χ0v) is 16.1. The van der Waals surface area contributed by atoms with Crippen molar-refractivity contribution in [1.29, 1.82) is 5.26 Å². The largest absolute Gasteiger partial charge is 0.489 e. The summed E-state index contributed by atoms with van der Waals surface area (Å²) >= 11 is 0. The Kier molecular flexibility index (Phi) is 7.33. The third-order valence-corrected chi connectivity index (χ3v) is 3.98. The van der Waals surface area contributed by atoms with Crippen molar-refractivity contribution in [3.05, 3.63) is 71.3 Å². The third kappa shape index (κ3) is 6.25. The van der Waals surface area contributed by atoms with Crippen LogP contribution < -0.4 is 9.47 Å². The van der Waals surface area contributed by atoms with Crippen molar-refractivity contribution in [2.75, 3.05) is 13.7 Å². The van der Waals surface area contributed by atoms with E-state index in [1.54, 1.807) is 0 Å². The Morgan fingerprint density at radius 3 is 2.19 bits per heavy atom. The minimum absolute atomic E-state index is 0.134. The highest BCUT2D eigenvalue weighted by Crippen LogP contribution is 2.35. The summed E-state index contributed by atoms with van der Waals surface area (Å²) in [6, 6.07) is 7.53. The van der Waals surface area contributed by atoms with Gasteiger partial charge in [0.15, 0.2) is 6.10 Å². The molecule has 164 valence electrons. The molecule has 0 amide bonds. The number of nitrogens with zero attached hydrogens (tertiary/aromatic N) is 2.